The highest BCUT2D eigenvalue weighted by Gasteiger charge is 2.26. The molecule has 5 rings (SSSR count). The molecule has 1 heterocycles. The molecule has 0 spiro atoms. The maximum absolute atomic E-state index is 13.1. The number of anilines is 1. The van der Waals surface area contributed by atoms with E-state index >= 15 is 0 Å². The van der Waals surface area contributed by atoms with Gasteiger partial charge in [-0.2, -0.15) is 0 Å². The van der Waals surface area contributed by atoms with E-state index in [1.165, 1.54) is 20.1 Å². The van der Waals surface area contributed by atoms with Crippen LogP contribution in [-0.2, 0) is 38.3 Å². The van der Waals surface area contributed by atoms with Gasteiger partial charge in [-0.3, -0.25) is 14.9 Å². The Balaban J connectivity index is 1.39. The van der Waals surface area contributed by atoms with Crippen LogP contribution in [0.2, 0.25) is 10.2 Å². The molecule has 1 aliphatic carbocycles. The lowest BCUT2D eigenvalue weighted by atomic mass is 10.0. The zero-order chi connectivity index (χ0) is 31.2. The van der Waals surface area contributed by atoms with Gasteiger partial charge >= 0.3 is 12.1 Å². The molecule has 0 bridgehead atoms. The smallest absolute Gasteiger partial charge is 0.411 e. The summed E-state index contributed by atoms with van der Waals surface area (Å²) >= 11 is 12.7. The number of hydrogen-bond donors (Lipinski definition) is 3. The minimum absolute atomic E-state index is 0.175. The largest absolute Gasteiger partial charge is 0.462 e. The highest BCUT2D eigenvalue weighted by Crippen LogP contribution is 2.31. The summed E-state index contributed by atoms with van der Waals surface area (Å²) in [6.07, 6.45) is 4.12. The predicted molar refractivity (Wildman–Crippen MR) is 170 cm³/mol. The second-order valence-electron chi connectivity index (χ2n) is 10.4. The fourth-order valence-corrected chi connectivity index (χ4v) is 5.58. The monoisotopic (exact) mass is 632 g/mol. The lowest BCUT2D eigenvalue weighted by Crippen LogP contribution is -2.29. The number of fused-ring (bicyclic) bond motifs is 1. The average molecular weight is 634 g/mol. The number of ether oxygens (including phenoxy) is 2. The maximum Gasteiger partial charge on any atom is 0.411 e. The van der Waals surface area contributed by atoms with Gasteiger partial charge in [0.05, 0.1) is 13.2 Å². The Morgan fingerprint density at radius 3 is 2.55 bits per heavy atom. The normalized spacial score (nSPS) is 14.6. The van der Waals surface area contributed by atoms with Crippen LogP contribution >= 0.6 is 23.2 Å². The Hall–Kier alpha value is -4.60. The van der Waals surface area contributed by atoms with Crippen molar-refractivity contribution >= 4 is 52.9 Å². The Bertz CT molecular complexity index is 1720. The average Bonchev–Trinajstić information content (AvgIpc) is 3.58. The molecule has 4 aromatic rings. The molecule has 9 nitrogen and oxygen atoms in total. The molecule has 0 fully saturated rings. The van der Waals surface area contributed by atoms with Crippen molar-refractivity contribution in [3.05, 3.63) is 111 Å². The van der Waals surface area contributed by atoms with Crippen molar-refractivity contribution in [3.63, 3.8) is 0 Å². The number of carbonyl (C=O) groups excluding carboxylic acids is 3. The summed E-state index contributed by atoms with van der Waals surface area (Å²) in [6.45, 7) is 1.42. The summed E-state index contributed by atoms with van der Waals surface area (Å²) in [5.41, 5.74) is 5.78. The number of nitrogens with one attached hydrogen (secondary N) is 3. The number of methoxy groups -OCH3 is 1. The van der Waals surface area contributed by atoms with Crippen LogP contribution in [0.3, 0.4) is 0 Å². The second kappa shape index (κ2) is 13.8. The maximum atomic E-state index is 13.1. The molecule has 2 amide bonds. The number of H-pyrrole nitrogens is 1. The lowest BCUT2D eigenvalue weighted by Gasteiger charge is -2.17. The quantitative estimate of drug-likeness (QED) is 0.139. The van der Waals surface area contributed by atoms with E-state index in [-0.39, 0.29) is 18.0 Å². The Labute approximate surface area is 264 Å². The van der Waals surface area contributed by atoms with E-state index in [4.69, 9.17) is 32.9 Å². The van der Waals surface area contributed by atoms with E-state index in [9.17, 15) is 14.4 Å². The topological polar surface area (TPSA) is 122 Å². The van der Waals surface area contributed by atoms with Crippen LogP contribution in [0, 0.1) is 0 Å². The van der Waals surface area contributed by atoms with Gasteiger partial charge < -0.3 is 19.8 Å². The Morgan fingerprint density at radius 1 is 1.05 bits per heavy atom. The minimum atomic E-state index is -0.575. The van der Waals surface area contributed by atoms with E-state index in [1.807, 2.05) is 24.3 Å². The number of carbonyl (C=O) groups is 3. The minimum Gasteiger partial charge on any atom is -0.462 e. The van der Waals surface area contributed by atoms with Crippen molar-refractivity contribution in [1.29, 1.82) is 0 Å². The predicted octanol–water partition coefficient (Wildman–Crippen LogP) is 6.71. The molecule has 0 radical (unpaired) electrons. The fourth-order valence-electron chi connectivity index (χ4n) is 5.14. The van der Waals surface area contributed by atoms with Crippen LogP contribution in [0.5, 0.6) is 0 Å². The molecule has 3 aromatic carbocycles. The van der Waals surface area contributed by atoms with Crippen molar-refractivity contribution in [2.24, 2.45) is 0 Å². The highest BCUT2D eigenvalue weighted by atomic mass is 35.5. The molecule has 44 heavy (non-hydrogen) atoms. The number of aromatic nitrogens is 2. The SMILES string of the molecule is COC(=O)Nc1ccc(-c2nc(C(Cc3ccc4c(c3)CC(OC(C)=O)C4)NC(=O)C=Cc3cccc(Cl)c3)[nH]c2Cl)cc1. The van der Waals surface area contributed by atoms with Gasteiger partial charge in [-0.15, -0.1) is 0 Å². The first-order valence-corrected chi connectivity index (χ1v) is 14.6. The molecule has 0 saturated heterocycles. The van der Waals surface area contributed by atoms with Crippen LogP contribution in [0.1, 0.15) is 41.0 Å². The zero-order valence-corrected chi connectivity index (χ0v) is 25.5. The molecule has 0 saturated carbocycles. The first kappa shape index (κ1) is 30.8. The summed E-state index contributed by atoms with van der Waals surface area (Å²) in [7, 11) is 1.29. The number of benzene rings is 3. The molecule has 11 heteroatoms. The summed E-state index contributed by atoms with van der Waals surface area (Å²) in [4.78, 5) is 44.0. The van der Waals surface area contributed by atoms with Crippen molar-refractivity contribution in [2.75, 3.05) is 12.4 Å². The van der Waals surface area contributed by atoms with Gasteiger partial charge in [0.1, 0.15) is 22.8 Å². The van der Waals surface area contributed by atoms with Gasteiger partial charge in [-0.1, -0.05) is 65.7 Å². The van der Waals surface area contributed by atoms with E-state index in [0.717, 1.165) is 22.3 Å². The van der Waals surface area contributed by atoms with Crippen molar-refractivity contribution in [3.8, 4) is 11.3 Å². The number of halogens is 2. The van der Waals surface area contributed by atoms with Crippen LogP contribution < -0.4 is 10.6 Å². The van der Waals surface area contributed by atoms with Crippen molar-refractivity contribution in [2.45, 2.75) is 38.3 Å². The van der Waals surface area contributed by atoms with E-state index in [2.05, 4.69) is 26.4 Å². The molecule has 0 aliphatic heterocycles. The molecule has 1 aliphatic rings. The first-order chi connectivity index (χ1) is 21.2. The number of nitrogens with zero attached hydrogens (tertiary/aromatic N) is 1. The van der Waals surface area contributed by atoms with Gasteiger partial charge in [0, 0.05) is 42.1 Å². The van der Waals surface area contributed by atoms with Crippen LogP contribution in [-0.4, -0.2) is 41.2 Å². The van der Waals surface area contributed by atoms with Gasteiger partial charge in [-0.05, 0) is 59.0 Å². The third-order valence-corrected chi connectivity index (χ3v) is 7.64. The highest BCUT2D eigenvalue weighted by molar-refractivity contribution is 6.32. The van der Waals surface area contributed by atoms with Crippen molar-refractivity contribution < 1.29 is 23.9 Å². The first-order valence-electron chi connectivity index (χ1n) is 13.9. The molecule has 226 valence electrons. The third kappa shape index (κ3) is 7.86. The molecule has 3 N–H and O–H groups in total. The molecular formula is C33H30Cl2N4O5. The number of aromatic amines is 1. The van der Waals surface area contributed by atoms with Crippen LogP contribution in [0.25, 0.3) is 17.3 Å². The number of hydrogen-bond acceptors (Lipinski definition) is 6. The van der Waals surface area contributed by atoms with Crippen molar-refractivity contribution in [1.82, 2.24) is 15.3 Å². The summed E-state index contributed by atoms with van der Waals surface area (Å²) in [6, 6.07) is 19.7. The second-order valence-corrected chi connectivity index (χ2v) is 11.2. The van der Waals surface area contributed by atoms with Gasteiger partial charge in [-0.25, -0.2) is 9.78 Å². The van der Waals surface area contributed by atoms with Gasteiger partial charge in [0.15, 0.2) is 0 Å². The zero-order valence-electron chi connectivity index (χ0n) is 24.0. The van der Waals surface area contributed by atoms with Gasteiger partial charge in [0.25, 0.3) is 0 Å². The van der Waals surface area contributed by atoms with Crippen LogP contribution in [0.4, 0.5) is 10.5 Å². The molecule has 2 unspecified atom stereocenters. The summed E-state index contributed by atoms with van der Waals surface area (Å²) in [5, 5.41) is 6.54. The van der Waals surface area contributed by atoms with E-state index in [1.54, 1.807) is 42.5 Å². The van der Waals surface area contributed by atoms with E-state index in [0.29, 0.717) is 52.2 Å². The number of esters is 1. The summed E-state index contributed by atoms with van der Waals surface area (Å²) < 4.78 is 10.1. The Kier molecular flexibility index (Phi) is 9.67. The van der Waals surface area contributed by atoms with Gasteiger partial charge in [0.2, 0.25) is 5.91 Å². The fraction of sp³-hybridized carbons (Fsp3) is 0.212. The Morgan fingerprint density at radius 2 is 1.82 bits per heavy atom. The molecule has 1 aromatic heterocycles. The van der Waals surface area contributed by atoms with Crippen LogP contribution in [0.15, 0.2) is 72.8 Å². The molecular weight excluding hydrogens is 603 g/mol. The summed E-state index contributed by atoms with van der Waals surface area (Å²) in [5.74, 6) is -0.139. The standard InChI is InChI=1S/C33H30Cl2N4O5/c1-19(40)44-27-17-23-8-6-21(14-24(23)18-27)16-28(37-29(41)13-7-20-4-3-5-25(34)15-20)32-38-30(31(35)39-32)22-9-11-26(12-10-22)36-33(42)43-2/h3-15,27-28H,16-18H2,1-2H3,(H,36,42)(H,37,41)(H,38,39). The third-order valence-electron chi connectivity index (χ3n) is 7.13. The number of amides is 2. The number of imidazole rings is 1. The number of rotatable bonds is 9. The van der Waals surface area contributed by atoms with E-state index < -0.39 is 12.1 Å². The lowest BCUT2D eigenvalue weighted by molar-refractivity contribution is -0.145. The molecule has 2 atom stereocenters.